The van der Waals surface area contributed by atoms with Crippen molar-refractivity contribution in [2.75, 3.05) is 5.75 Å². The molecule has 0 fully saturated rings. The maximum Gasteiger partial charge on any atom is 0.218 e. The summed E-state index contributed by atoms with van der Waals surface area (Å²) >= 11 is 7.54. The van der Waals surface area contributed by atoms with E-state index in [-0.39, 0.29) is 5.91 Å². The van der Waals surface area contributed by atoms with Crippen molar-refractivity contribution in [1.29, 1.82) is 0 Å². The molecule has 19 heavy (non-hydrogen) atoms. The summed E-state index contributed by atoms with van der Waals surface area (Å²) in [6.07, 6.45) is 1.39. The second-order valence-electron chi connectivity index (χ2n) is 4.24. The minimum atomic E-state index is -0.284. The summed E-state index contributed by atoms with van der Waals surface area (Å²) in [7, 11) is 0. The van der Waals surface area contributed by atoms with Crippen LogP contribution < -0.4 is 5.73 Å². The number of aryl methyl sites for hydroxylation is 1. The van der Waals surface area contributed by atoms with Crippen molar-refractivity contribution in [3.63, 3.8) is 0 Å². The molecule has 0 atom stereocenters. The number of nitrogens with two attached hydrogens (primary N) is 1. The molecule has 0 saturated heterocycles. The topological polar surface area (TPSA) is 60.9 Å². The summed E-state index contributed by atoms with van der Waals surface area (Å²) in [6.45, 7) is 3.02. The molecule has 2 rings (SSSR count). The fourth-order valence-corrected chi connectivity index (χ4v) is 3.03. The molecule has 0 radical (unpaired) electrons. The first-order valence-electron chi connectivity index (χ1n) is 6.18. The molecule has 0 unspecified atom stereocenters. The van der Waals surface area contributed by atoms with Gasteiger partial charge in [-0.05, 0) is 24.6 Å². The van der Waals surface area contributed by atoms with E-state index in [9.17, 15) is 4.79 Å². The van der Waals surface area contributed by atoms with Crippen LogP contribution in [0.15, 0.2) is 23.4 Å². The van der Waals surface area contributed by atoms with Crippen molar-refractivity contribution in [1.82, 2.24) is 9.55 Å². The van der Waals surface area contributed by atoms with E-state index < -0.39 is 0 Å². The smallest absolute Gasteiger partial charge is 0.218 e. The summed E-state index contributed by atoms with van der Waals surface area (Å²) in [5.74, 6) is 0.365. The Morgan fingerprint density at radius 3 is 3.00 bits per heavy atom. The fraction of sp³-hybridized carbons (Fsp3) is 0.385. The molecule has 1 aromatic heterocycles. The van der Waals surface area contributed by atoms with Crippen LogP contribution in [0.2, 0.25) is 5.02 Å². The van der Waals surface area contributed by atoms with Crippen molar-refractivity contribution < 1.29 is 4.79 Å². The van der Waals surface area contributed by atoms with Crippen molar-refractivity contribution >= 4 is 40.3 Å². The average molecular weight is 298 g/mol. The molecule has 1 heterocycles. The van der Waals surface area contributed by atoms with Crippen LogP contribution in [-0.2, 0) is 11.3 Å². The molecule has 1 aromatic carbocycles. The number of carbonyl (C=O) groups is 1. The number of hydrogen-bond donors (Lipinski definition) is 1. The van der Waals surface area contributed by atoms with Crippen molar-refractivity contribution in [3.05, 3.63) is 23.2 Å². The Hall–Kier alpha value is -1.20. The molecule has 0 aliphatic heterocycles. The van der Waals surface area contributed by atoms with Crippen LogP contribution in [-0.4, -0.2) is 21.2 Å². The molecule has 0 saturated carbocycles. The van der Waals surface area contributed by atoms with Gasteiger partial charge < -0.3 is 10.3 Å². The molecule has 2 aromatic rings. The number of nitrogens with zero attached hydrogens (tertiary/aromatic N) is 2. The van der Waals surface area contributed by atoms with Gasteiger partial charge in [-0.1, -0.05) is 30.3 Å². The zero-order chi connectivity index (χ0) is 13.8. The first-order valence-corrected chi connectivity index (χ1v) is 7.55. The van der Waals surface area contributed by atoms with Crippen LogP contribution in [0.1, 0.15) is 19.8 Å². The highest BCUT2D eigenvalue weighted by molar-refractivity contribution is 7.99. The largest absolute Gasteiger partial charge is 0.370 e. The zero-order valence-corrected chi connectivity index (χ0v) is 12.3. The second kappa shape index (κ2) is 6.30. The number of aromatic nitrogens is 2. The van der Waals surface area contributed by atoms with Gasteiger partial charge in [-0.25, -0.2) is 4.98 Å². The fourth-order valence-electron chi connectivity index (χ4n) is 1.87. The summed E-state index contributed by atoms with van der Waals surface area (Å²) in [6, 6.07) is 5.72. The number of rotatable bonds is 6. The third-order valence-corrected chi connectivity index (χ3v) is 3.92. The third kappa shape index (κ3) is 3.42. The Labute approximate surface area is 121 Å². The number of carbonyl (C=O) groups excluding carboxylic acids is 1. The number of benzene rings is 1. The van der Waals surface area contributed by atoms with Crippen LogP contribution in [0, 0.1) is 0 Å². The Morgan fingerprint density at radius 1 is 1.53 bits per heavy atom. The van der Waals surface area contributed by atoms with E-state index in [1.165, 1.54) is 0 Å². The maximum atomic E-state index is 10.8. The van der Waals surface area contributed by atoms with E-state index in [4.69, 9.17) is 17.3 Å². The first-order chi connectivity index (χ1) is 9.11. The van der Waals surface area contributed by atoms with Gasteiger partial charge in [-0.2, -0.15) is 0 Å². The molecule has 4 nitrogen and oxygen atoms in total. The van der Waals surface area contributed by atoms with Crippen LogP contribution in [0.5, 0.6) is 0 Å². The molecule has 102 valence electrons. The molecule has 0 aliphatic rings. The van der Waals surface area contributed by atoms with Gasteiger partial charge in [0.2, 0.25) is 5.91 Å². The number of thioether (sulfide) groups is 1. The molecule has 0 aliphatic carbocycles. The second-order valence-corrected chi connectivity index (χ2v) is 5.74. The summed E-state index contributed by atoms with van der Waals surface area (Å²) in [5.41, 5.74) is 7.12. The number of primary amides is 1. The SMILES string of the molecule is CCCn1c(SCCC(N)=O)nc2cc(Cl)ccc21. The number of amides is 1. The standard InChI is InChI=1S/C13H16ClN3OS/c1-2-6-17-11-4-3-9(14)8-10(11)16-13(17)19-7-5-12(15)18/h3-4,8H,2,5-7H2,1H3,(H2,15,18). The monoisotopic (exact) mass is 297 g/mol. The molecular formula is C13H16ClN3OS. The Balaban J connectivity index is 2.30. The molecule has 0 bridgehead atoms. The normalized spacial score (nSPS) is 11.1. The lowest BCUT2D eigenvalue weighted by Gasteiger charge is -2.06. The van der Waals surface area contributed by atoms with Gasteiger partial charge in [-0.3, -0.25) is 4.79 Å². The van der Waals surface area contributed by atoms with Gasteiger partial charge in [0.15, 0.2) is 5.16 Å². The van der Waals surface area contributed by atoms with E-state index in [1.807, 2.05) is 18.2 Å². The highest BCUT2D eigenvalue weighted by atomic mass is 35.5. The predicted octanol–water partition coefficient (Wildman–Crippen LogP) is 3.07. The molecular weight excluding hydrogens is 282 g/mol. The van der Waals surface area contributed by atoms with Gasteiger partial charge >= 0.3 is 0 Å². The van der Waals surface area contributed by atoms with Crippen LogP contribution in [0.3, 0.4) is 0 Å². The summed E-state index contributed by atoms with van der Waals surface area (Å²) in [4.78, 5) is 15.4. The highest BCUT2D eigenvalue weighted by Gasteiger charge is 2.11. The van der Waals surface area contributed by atoms with E-state index >= 15 is 0 Å². The van der Waals surface area contributed by atoms with Gasteiger partial charge in [0.1, 0.15) is 0 Å². The number of fused-ring (bicyclic) bond motifs is 1. The average Bonchev–Trinajstić information content (AvgIpc) is 2.67. The van der Waals surface area contributed by atoms with Crippen molar-refractivity contribution in [3.8, 4) is 0 Å². The van der Waals surface area contributed by atoms with Crippen LogP contribution in [0.4, 0.5) is 0 Å². The molecule has 6 heteroatoms. The number of halogens is 1. The molecule has 2 N–H and O–H groups in total. The van der Waals surface area contributed by atoms with Crippen molar-refractivity contribution in [2.45, 2.75) is 31.5 Å². The Morgan fingerprint density at radius 2 is 2.32 bits per heavy atom. The van der Waals surface area contributed by atoms with Gasteiger partial charge in [0.25, 0.3) is 0 Å². The Bertz CT molecular complexity index is 597. The van der Waals surface area contributed by atoms with E-state index in [0.717, 1.165) is 29.2 Å². The number of hydrogen-bond acceptors (Lipinski definition) is 3. The van der Waals surface area contributed by atoms with E-state index in [1.54, 1.807) is 11.8 Å². The highest BCUT2D eigenvalue weighted by Crippen LogP contribution is 2.26. The Kier molecular flexibility index (Phi) is 4.71. The lowest BCUT2D eigenvalue weighted by Crippen LogP contribution is -2.11. The minimum Gasteiger partial charge on any atom is -0.370 e. The predicted molar refractivity (Wildman–Crippen MR) is 79.6 cm³/mol. The molecule has 0 spiro atoms. The quantitative estimate of drug-likeness (QED) is 0.834. The third-order valence-electron chi connectivity index (χ3n) is 2.70. The zero-order valence-electron chi connectivity index (χ0n) is 10.7. The van der Waals surface area contributed by atoms with Crippen LogP contribution >= 0.6 is 23.4 Å². The van der Waals surface area contributed by atoms with E-state index in [0.29, 0.717) is 17.2 Å². The van der Waals surface area contributed by atoms with Crippen LogP contribution in [0.25, 0.3) is 11.0 Å². The first kappa shape index (κ1) is 14.2. The van der Waals surface area contributed by atoms with E-state index in [2.05, 4.69) is 16.5 Å². The maximum absolute atomic E-state index is 10.8. The summed E-state index contributed by atoms with van der Waals surface area (Å²) in [5, 5.41) is 1.60. The lowest BCUT2D eigenvalue weighted by atomic mass is 10.3. The minimum absolute atomic E-state index is 0.284. The van der Waals surface area contributed by atoms with Gasteiger partial charge in [0.05, 0.1) is 11.0 Å². The van der Waals surface area contributed by atoms with Crippen molar-refractivity contribution in [2.24, 2.45) is 5.73 Å². The molecule has 1 amide bonds. The lowest BCUT2D eigenvalue weighted by molar-refractivity contribution is -0.117. The summed E-state index contributed by atoms with van der Waals surface area (Å²) < 4.78 is 2.16. The number of imidazole rings is 1. The van der Waals surface area contributed by atoms with Gasteiger partial charge in [0, 0.05) is 23.7 Å². The van der Waals surface area contributed by atoms with Gasteiger partial charge in [-0.15, -0.1) is 0 Å².